The summed E-state index contributed by atoms with van der Waals surface area (Å²) in [6, 6.07) is 1.38. The van der Waals surface area contributed by atoms with Crippen LogP contribution in [0.15, 0.2) is 12.3 Å². The van der Waals surface area contributed by atoms with Gasteiger partial charge in [-0.05, 0) is 24.8 Å². The van der Waals surface area contributed by atoms with Gasteiger partial charge in [0.1, 0.15) is 0 Å². The molecule has 1 heterocycles. The van der Waals surface area contributed by atoms with Crippen molar-refractivity contribution < 1.29 is 9.90 Å². The Morgan fingerprint density at radius 1 is 1.64 bits per heavy atom. The Labute approximate surface area is 81.2 Å². The molecule has 1 aliphatic carbocycles. The van der Waals surface area contributed by atoms with Crippen LogP contribution >= 0.6 is 0 Å². The van der Waals surface area contributed by atoms with Gasteiger partial charge in [0.15, 0.2) is 5.69 Å². The number of carboxylic acids is 1. The molecule has 0 aromatic carbocycles. The van der Waals surface area contributed by atoms with Crippen molar-refractivity contribution in [3.63, 3.8) is 0 Å². The number of nitrogens with one attached hydrogen (secondary N) is 1. The molecule has 0 aliphatic heterocycles. The van der Waals surface area contributed by atoms with Crippen molar-refractivity contribution in [2.45, 2.75) is 12.8 Å². The van der Waals surface area contributed by atoms with Crippen LogP contribution in [0.1, 0.15) is 23.3 Å². The predicted molar refractivity (Wildman–Crippen MR) is 50.2 cm³/mol. The molecule has 2 rings (SSSR count). The Balaban J connectivity index is 2.01. The largest absolute Gasteiger partial charge is 0.477 e. The van der Waals surface area contributed by atoms with Gasteiger partial charge in [0.2, 0.25) is 5.95 Å². The summed E-state index contributed by atoms with van der Waals surface area (Å²) in [7, 11) is 0. The molecule has 14 heavy (non-hydrogen) atoms. The van der Waals surface area contributed by atoms with E-state index in [0.717, 1.165) is 6.54 Å². The minimum Gasteiger partial charge on any atom is -0.477 e. The van der Waals surface area contributed by atoms with Crippen LogP contribution in [-0.4, -0.2) is 27.6 Å². The zero-order chi connectivity index (χ0) is 9.97. The summed E-state index contributed by atoms with van der Waals surface area (Å²) >= 11 is 0. The molecule has 2 N–H and O–H groups in total. The predicted octanol–water partition coefficient (Wildman–Crippen LogP) is 0.997. The Morgan fingerprint density at radius 2 is 2.43 bits per heavy atom. The lowest BCUT2D eigenvalue weighted by molar-refractivity contribution is 0.0690. The van der Waals surface area contributed by atoms with E-state index in [0.29, 0.717) is 11.9 Å². The van der Waals surface area contributed by atoms with Crippen molar-refractivity contribution in [1.29, 1.82) is 0 Å². The number of carbonyl (C=O) groups is 1. The molecule has 5 heteroatoms. The molecule has 74 valence electrons. The minimum atomic E-state index is -1.03. The van der Waals surface area contributed by atoms with Crippen LogP contribution in [0.4, 0.5) is 5.95 Å². The second-order valence-electron chi connectivity index (χ2n) is 3.39. The van der Waals surface area contributed by atoms with Crippen molar-refractivity contribution in [1.82, 2.24) is 9.97 Å². The number of aromatic carboxylic acids is 1. The third-order valence-corrected chi connectivity index (χ3v) is 2.12. The standard InChI is InChI=1S/C9H11N3O2/c13-8(14)7-3-4-10-9(12-7)11-5-6-1-2-6/h3-4,6H,1-2,5H2,(H,13,14)(H,10,11,12). The van der Waals surface area contributed by atoms with Crippen molar-refractivity contribution >= 4 is 11.9 Å². The van der Waals surface area contributed by atoms with Gasteiger partial charge in [-0.25, -0.2) is 14.8 Å². The molecule has 1 aromatic rings. The summed E-state index contributed by atoms with van der Waals surface area (Å²) in [6.07, 6.45) is 3.93. The summed E-state index contributed by atoms with van der Waals surface area (Å²) in [5, 5.41) is 11.7. The van der Waals surface area contributed by atoms with E-state index in [-0.39, 0.29) is 5.69 Å². The topological polar surface area (TPSA) is 75.1 Å². The normalized spacial score (nSPS) is 15.1. The van der Waals surface area contributed by atoms with E-state index in [9.17, 15) is 4.79 Å². The van der Waals surface area contributed by atoms with Crippen LogP contribution in [0.2, 0.25) is 0 Å². The summed E-state index contributed by atoms with van der Waals surface area (Å²) < 4.78 is 0. The fraction of sp³-hybridized carbons (Fsp3) is 0.444. The molecule has 0 atom stereocenters. The summed E-state index contributed by atoms with van der Waals surface area (Å²) in [6.45, 7) is 0.836. The second-order valence-corrected chi connectivity index (χ2v) is 3.39. The maximum atomic E-state index is 10.6. The van der Waals surface area contributed by atoms with Gasteiger partial charge in [0.25, 0.3) is 0 Å². The maximum absolute atomic E-state index is 10.6. The van der Waals surface area contributed by atoms with E-state index in [4.69, 9.17) is 5.11 Å². The minimum absolute atomic E-state index is 0.0262. The fourth-order valence-electron chi connectivity index (χ4n) is 1.12. The van der Waals surface area contributed by atoms with Crippen LogP contribution in [0.5, 0.6) is 0 Å². The van der Waals surface area contributed by atoms with Gasteiger partial charge >= 0.3 is 5.97 Å². The highest BCUT2D eigenvalue weighted by Gasteiger charge is 2.21. The number of nitrogens with zero attached hydrogens (tertiary/aromatic N) is 2. The van der Waals surface area contributed by atoms with Crippen molar-refractivity contribution in [2.75, 3.05) is 11.9 Å². The molecular weight excluding hydrogens is 182 g/mol. The van der Waals surface area contributed by atoms with E-state index < -0.39 is 5.97 Å². The second kappa shape index (κ2) is 3.61. The number of anilines is 1. The third kappa shape index (κ3) is 2.18. The zero-order valence-corrected chi connectivity index (χ0v) is 7.60. The van der Waals surface area contributed by atoms with Crippen LogP contribution < -0.4 is 5.32 Å². The molecule has 1 aromatic heterocycles. The van der Waals surface area contributed by atoms with Crippen molar-refractivity contribution in [3.05, 3.63) is 18.0 Å². The number of aromatic nitrogens is 2. The van der Waals surface area contributed by atoms with Crippen LogP contribution in [0.25, 0.3) is 0 Å². The van der Waals surface area contributed by atoms with Gasteiger partial charge in [-0.2, -0.15) is 0 Å². The molecular formula is C9H11N3O2. The van der Waals surface area contributed by atoms with E-state index in [1.54, 1.807) is 0 Å². The van der Waals surface area contributed by atoms with Gasteiger partial charge in [-0.1, -0.05) is 0 Å². The van der Waals surface area contributed by atoms with Crippen LogP contribution in [0.3, 0.4) is 0 Å². The van der Waals surface area contributed by atoms with Crippen LogP contribution in [0, 0.1) is 5.92 Å². The highest BCUT2D eigenvalue weighted by atomic mass is 16.4. The van der Waals surface area contributed by atoms with Crippen LogP contribution in [-0.2, 0) is 0 Å². The molecule has 0 radical (unpaired) electrons. The van der Waals surface area contributed by atoms with Gasteiger partial charge in [0.05, 0.1) is 0 Å². The van der Waals surface area contributed by atoms with Crippen molar-refractivity contribution in [3.8, 4) is 0 Å². The third-order valence-electron chi connectivity index (χ3n) is 2.12. The lowest BCUT2D eigenvalue weighted by Crippen LogP contribution is -2.09. The van der Waals surface area contributed by atoms with E-state index in [2.05, 4.69) is 15.3 Å². The van der Waals surface area contributed by atoms with E-state index >= 15 is 0 Å². The molecule has 1 fully saturated rings. The molecule has 0 saturated heterocycles. The first-order valence-electron chi connectivity index (χ1n) is 4.56. The Morgan fingerprint density at radius 3 is 3.07 bits per heavy atom. The first kappa shape index (κ1) is 8.93. The monoisotopic (exact) mass is 193 g/mol. The fourth-order valence-corrected chi connectivity index (χ4v) is 1.12. The highest BCUT2D eigenvalue weighted by molar-refractivity contribution is 5.85. The highest BCUT2D eigenvalue weighted by Crippen LogP contribution is 2.28. The molecule has 1 saturated carbocycles. The molecule has 0 unspecified atom stereocenters. The van der Waals surface area contributed by atoms with Gasteiger partial charge in [-0.15, -0.1) is 0 Å². The Hall–Kier alpha value is -1.65. The number of rotatable bonds is 4. The molecule has 0 spiro atoms. The van der Waals surface area contributed by atoms with Crippen molar-refractivity contribution in [2.24, 2.45) is 5.92 Å². The maximum Gasteiger partial charge on any atom is 0.354 e. The molecule has 0 amide bonds. The summed E-state index contributed by atoms with van der Waals surface area (Å²) in [5.74, 6) is 0.0887. The lowest BCUT2D eigenvalue weighted by atomic mass is 10.4. The first-order chi connectivity index (χ1) is 6.75. The number of hydrogen-bond donors (Lipinski definition) is 2. The van der Waals surface area contributed by atoms with E-state index in [1.165, 1.54) is 25.1 Å². The summed E-state index contributed by atoms with van der Waals surface area (Å²) in [5.41, 5.74) is 0.0262. The van der Waals surface area contributed by atoms with Gasteiger partial charge < -0.3 is 10.4 Å². The number of carboxylic acid groups (broad SMARTS) is 1. The van der Waals surface area contributed by atoms with Gasteiger partial charge in [0, 0.05) is 12.7 Å². The molecule has 1 aliphatic rings. The summed E-state index contributed by atoms with van der Waals surface area (Å²) in [4.78, 5) is 18.4. The SMILES string of the molecule is O=C(O)c1ccnc(NCC2CC2)n1. The Bertz CT molecular complexity index is 350. The van der Waals surface area contributed by atoms with Gasteiger partial charge in [-0.3, -0.25) is 0 Å². The number of hydrogen-bond acceptors (Lipinski definition) is 4. The molecule has 5 nitrogen and oxygen atoms in total. The lowest BCUT2D eigenvalue weighted by Gasteiger charge is -2.02. The quantitative estimate of drug-likeness (QED) is 0.746. The van der Waals surface area contributed by atoms with E-state index in [1.807, 2.05) is 0 Å². The average Bonchev–Trinajstić information content (AvgIpc) is 2.99. The average molecular weight is 193 g/mol. The molecule has 0 bridgehead atoms. The Kier molecular flexibility index (Phi) is 2.30. The zero-order valence-electron chi connectivity index (χ0n) is 7.60. The first-order valence-corrected chi connectivity index (χ1v) is 4.56. The smallest absolute Gasteiger partial charge is 0.354 e.